The first-order valence-electron chi connectivity index (χ1n) is 7.99. The number of anilines is 2. The van der Waals surface area contributed by atoms with Gasteiger partial charge in [-0.05, 0) is 55.3 Å². The molecule has 0 spiro atoms. The van der Waals surface area contributed by atoms with Gasteiger partial charge in [0.15, 0.2) is 0 Å². The van der Waals surface area contributed by atoms with Crippen molar-refractivity contribution in [3.63, 3.8) is 0 Å². The van der Waals surface area contributed by atoms with Crippen LogP contribution in [0.3, 0.4) is 0 Å². The van der Waals surface area contributed by atoms with Crippen molar-refractivity contribution in [1.29, 1.82) is 0 Å². The third-order valence-corrected chi connectivity index (χ3v) is 4.85. The second-order valence-electron chi connectivity index (χ2n) is 6.06. The van der Waals surface area contributed by atoms with Crippen molar-refractivity contribution in [3.8, 4) is 5.75 Å². The van der Waals surface area contributed by atoms with Gasteiger partial charge in [-0.3, -0.25) is 0 Å². The monoisotopic (exact) mass is 330 g/mol. The average molecular weight is 331 g/mol. The fourth-order valence-corrected chi connectivity index (χ4v) is 3.20. The van der Waals surface area contributed by atoms with Crippen molar-refractivity contribution in [2.24, 2.45) is 0 Å². The predicted molar refractivity (Wildman–Crippen MR) is 98.3 cm³/mol. The zero-order chi connectivity index (χ0) is 16.4. The smallest absolute Gasteiger partial charge is 0.142 e. The molecule has 1 aliphatic rings. The number of aryl methyl sites for hydroxylation is 2. The summed E-state index contributed by atoms with van der Waals surface area (Å²) in [5.74, 6) is 0.883. The SMILES string of the molecule is COc1ccc(Cl)cc1N1CCN(c2ccc(C)c(C)c2)CC1. The molecule has 23 heavy (non-hydrogen) atoms. The Morgan fingerprint density at radius 1 is 0.870 bits per heavy atom. The zero-order valence-electron chi connectivity index (χ0n) is 14.0. The second-order valence-corrected chi connectivity index (χ2v) is 6.50. The maximum Gasteiger partial charge on any atom is 0.142 e. The lowest BCUT2D eigenvalue weighted by molar-refractivity contribution is 0.413. The molecule has 0 saturated carbocycles. The average Bonchev–Trinajstić information content (AvgIpc) is 2.57. The lowest BCUT2D eigenvalue weighted by Gasteiger charge is -2.38. The molecule has 0 aliphatic carbocycles. The number of hydrogen-bond acceptors (Lipinski definition) is 3. The van der Waals surface area contributed by atoms with E-state index in [9.17, 15) is 0 Å². The summed E-state index contributed by atoms with van der Waals surface area (Å²) < 4.78 is 5.48. The molecule has 3 rings (SSSR count). The van der Waals surface area contributed by atoms with Crippen LogP contribution in [0.4, 0.5) is 11.4 Å². The van der Waals surface area contributed by atoms with E-state index >= 15 is 0 Å². The largest absolute Gasteiger partial charge is 0.495 e. The molecule has 0 aromatic heterocycles. The molecule has 4 heteroatoms. The minimum atomic E-state index is 0.748. The highest BCUT2D eigenvalue weighted by molar-refractivity contribution is 6.30. The minimum absolute atomic E-state index is 0.748. The summed E-state index contributed by atoms with van der Waals surface area (Å²) >= 11 is 6.16. The van der Waals surface area contributed by atoms with Gasteiger partial charge in [0, 0.05) is 36.9 Å². The number of rotatable bonds is 3. The topological polar surface area (TPSA) is 15.7 Å². The van der Waals surface area contributed by atoms with Crippen LogP contribution in [0, 0.1) is 13.8 Å². The molecule has 1 saturated heterocycles. The van der Waals surface area contributed by atoms with Crippen molar-refractivity contribution >= 4 is 23.0 Å². The van der Waals surface area contributed by atoms with Crippen LogP contribution in [0.15, 0.2) is 36.4 Å². The van der Waals surface area contributed by atoms with Crippen LogP contribution in [0.2, 0.25) is 5.02 Å². The third kappa shape index (κ3) is 3.40. The summed E-state index contributed by atoms with van der Waals surface area (Å²) in [7, 11) is 1.71. The number of nitrogens with zero attached hydrogens (tertiary/aromatic N) is 2. The molecule has 0 radical (unpaired) electrons. The van der Waals surface area contributed by atoms with Crippen LogP contribution in [0.1, 0.15) is 11.1 Å². The third-order valence-electron chi connectivity index (χ3n) is 4.62. The maximum atomic E-state index is 6.16. The van der Waals surface area contributed by atoms with Gasteiger partial charge in [0.05, 0.1) is 12.8 Å². The minimum Gasteiger partial charge on any atom is -0.495 e. The Labute approximate surface area is 143 Å². The summed E-state index contributed by atoms with van der Waals surface area (Å²) in [6.07, 6.45) is 0. The molecule has 122 valence electrons. The summed E-state index contributed by atoms with van der Waals surface area (Å²) in [5, 5.41) is 0.748. The van der Waals surface area contributed by atoms with E-state index in [1.165, 1.54) is 16.8 Å². The predicted octanol–water partition coefficient (Wildman–Crippen LogP) is 4.29. The van der Waals surface area contributed by atoms with E-state index in [4.69, 9.17) is 16.3 Å². The van der Waals surface area contributed by atoms with E-state index in [1.54, 1.807) is 7.11 Å². The second kappa shape index (κ2) is 6.71. The molecule has 0 amide bonds. The van der Waals surface area contributed by atoms with Crippen molar-refractivity contribution in [2.45, 2.75) is 13.8 Å². The quantitative estimate of drug-likeness (QED) is 0.835. The van der Waals surface area contributed by atoms with E-state index in [2.05, 4.69) is 41.8 Å². The number of benzene rings is 2. The standard InChI is InChI=1S/C19H23ClN2O/c1-14-4-6-17(12-15(14)2)21-8-10-22(11-9-21)18-13-16(20)5-7-19(18)23-3/h4-7,12-13H,8-11H2,1-3H3. The summed E-state index contributed by atoms with van der Waals surface area (Å²) in [5.41, 5.74) is 5.09. The molecule has 1 heterocycles. The van der Waals surface area contributed by atoms with E-state index in [-0.39, 0.29) is 0 Å². The van der Waals surface area contributed by atoms with Gasteiger partial charge in [-0.2, -0.15) is 0 Å². The molecule has 1 aliphatic heterocycles. The van der Waals surface area contributed by atoms with Crippen molar-refractivity contribution in [1.82, 2.24) is 0 Å². The van der Waals surface area contributed by atoms with Gasteiger partial charge in [-0.15, -0.1) is 0 Å². The van der Waals surface area contributed by atoms with Gasteiger partial charge in [-0.25, -0.2) is 0 Å². The van der Waals surface area contributed by atoms with Gasteiger partial charge < -0.3 is 14.5 Å². The highest BCUT2D eigenvalue weighted by atomic mass is 35.5. The van der Waals surface area contributed by atoms with Crippen LogP contribution >= 0.6 is 11.6 Å². The van der Waals surface area contributed by atoms with E-state index < -0.39 is 0 Å². The fourth-order valence-electron chi connectivity index (χ4n) is 3.04. The number of ether oxygens (including phenoxy) is 1. The number of hydrogen-bond donors (Lipinski definition) is 0. The summed E-state index contributed by atoms with van der Waals surface area (Å²) in [6.45, 7) is 8.25. The molecule has 0 atom stereocenters. The van der Waals surface area contributed by atoms with Crippen LogP contribution < -0.4 is 14.5 Å². The van der Waals surface area contributed by atoms with Gasteiger partial charge in [0.1, 0.15) is 5.75 Å². The Balaban J connectivity index is 1.73. The molecule has 1 fully saturated rings. The first-order chi connectivity index (χ1) is 11.1. The molecule has 3 nitrogen and oxygen atoms in total. The van der Waals surface area contributed by atoms with Gasteiger partial charge >= 0.3 is 0 Å². The van der Waals surface area contributed by atoms with Crippen molar-refractivity contribution < 1.29 is 4.74 Å². The van der Waals surface area contributed by atoms with E-state index in [1.807, 2.05) is 18.2 Å². The molecule has 0 bridgehead atoms. The zero-order valence-corrected chi connectivity index (χ0v) is 14.7. The highest BCUT2D eigenvalue weighted by Crippen LogP contribution is 2.32. The Bertz CT molecular complexity index is 694. The Hall–Kier alpha value is -1.87. The Morgan fingerprint density at radius 3 is 2.22 bits per heavy atom. The van der Waals surface area contributed by atoms with Gasteiger partial charge in [0.25, 0.3) is 0 Å². The number of halogens is 1. The summed E-state index contributed by atoms with van der Waals surface area (Å²) in [6, 6.07) is 12.5. The number of methoxy groups -OCH3 is 1. The normalized spacial score (nSPS) is 15.0. The molecule has 0 unspecified atom stereocenters. The Morgan fingerprint density at radius 2 is 1.57 bits per heavy atom. The van der Waals surface area contributed by atoms with Crippen LogP contribution in [-0.2, 0) is 0 Å². The van der Waals surface area contributed by atoms with Gasteiger partial charge in [-0.1, -0.05) is 17.7 Å². The first kappa shape index (κ1) is 16.0. The van der Waals surface area contributed by atoms with E-state index in [0.29, 0.717) is 0 Å². The van der Waals surface area contributed by atoms with Crippen LogP contribution in [0.5, 0.6) is 5.75 Å². The lowest BCUT2D eigenvalue weighted by Crippen LogP contribution is -2.46. The molecular weight excluding hydrogens is 308 g/mol. The molecule has 0 N–H and O–H groups in total. The molecule has 2 aromatic carbocycles. The lowest BCUT2D eigenvalue weighted by atomic mass is 10.1. The fraction of sp³-hybridized carbons (Fsp3) is 0.368. The van der Waals surface area contributed by atoms with Crippen molar-refractivity contribution in [2.75, 3.05) is 43.1 Å². The van der Waals surface area contributed by atoms with E-state index in [0.717, 1.165) is 42.6 Å². The Kier molecular flexibility index (Phi) is 4.67. The first-order valence-corrected chi connectivity index (χ1v) is 8.37. The molecule has 2 aromatic rings. The highest BCUT2D eigenvalue weighted by Gasteiger charge is 2.20. The van der Waals surface area contributed by atoms with Crippen LogP contribution in [-0.4, -0.2) is 33.3 Å². The van der Waals surface area contributed by atoms with Gasteiger partial charge in [0.2, 0.25) is 0 Å². The van der Waals surface area contributed by atoms with Crippen molar-refractivity contribution in [3.05, 3.63) is 52.5 Å². The van der Waals surface area contributed by atoms with Crippen LogP contribution in [0.25, 0.3) is 0 Å². The summed E-state index contributed by atoms with van der Waals surface area (Å²) in [4.78, 5) is 4.79. The maximum absolute atomic E-state index is 6.16. The number of piperazine rings is 1. The molecular formula is C19H23ClN2O.